The normalized spacial score (nSPS) is 16.2. The lowest BCUT2D eigenvalue weighted by Gasteiger charge is -2.19. The minimum atomic E-state index is 0.902. The second-order valence-corrected chi connectivity index (χ2v) is 3.71. The van der Waals surface area contributed by atoms with E-state index in [1.165, 1.54) is 24.2 Å². The van der Waals surface area contributed by atoms with Crippen molar-refractivity contribution < 1.29 is 0 Å². The highest BCUT2D eigenvalue weighted by molar-refractivity contribution is 5.47. The van der Waals surface area contributed by atoms with Gasteiger partial charge in [0.05, 0.1) is 0 Å². The molecule has 3 heteroatoms. The zero-order valence-electron chi connectivity index (χ0n) is 8.66. The van der Waals surface area contributed by atoms with Gasteiger partial charge in [-0.3, -0.25) is 0 Å². The zero-order valence-corrected chi connectivity index (χ0v) is 8.66. The summed E-state index contributed by atoms with van der Waals surface area (Å²) in [5.74, 6) is 1.17. The molecule has 0 radical (unpaired) electrons. The molecular weight excluding hydrogens is 174 g/mol. The van der Waals surface area contributed by atoms with Crippen molar-refractivity contribution in [1.82, 2.24) is 10.3 Å². The summed E-state index contributed by atoms with van der Waals surface area (Å²) in [6, 6.07) is 4.16. The highest BCUT2D eigenvalue weighted by atomic mass is 15.2. The van der Waals surface area contributed by atoms with Crippen LogP contribution in [-0.2, 0) is 6.54 Å². The van der Waals surface area contributed by atoms with Crippen LogP contribution in [-0.4, -0.2) is 25.1 Å². The van der Waals surface area contributed by atoms with E-state index in [1.807, 2.05) is 19.3 Å². The summed E-state index contributed by atoms with van der Waals surface area (Å²) >= 11 is 0. The maximum atomic E-state index is 4.47. The second kappa shape index (κ2) is 4.42. The summed E-state index contributed by atoms with van der Waals surface area (Å²) in [4.78, 5) is 6.85. The maximum absolute atomic E-state index is 4.47. The zero-order chi connectivity index (χ0) is 9.80. The first-order valence-corrected chi connectivity index (χ1v) is 5.25. The van der Waals surface area contributed by atoms with Gasteiger partial charge in [0, 0.05) is 31.4 Å². The molecule has 1 aromatic heterocycles. The van der Waals surface area contributed by atoms with Crippen molar-refractivity contribution in [2.45, 2.75) is 19.4 Å². The van der Waals surface area contributed by atoms with E-state index < -0.39 is 0 Å². The van der Waals surface area contributed by atoms with Crippen LogP contribution < -0.4 is 10.2 Å². The molecule has 76 valence electrons. The van der Waals surface area contributed by atoms with E-state index in [0.29, 0.717) is 0 Å². The molecule has 1 aliphatic rings. The number of aromatic nitrogens is 1. The van der Waals surface area contributed by atoms with Gasteiger partial charge in [0.1, 0.15) is 5.82 Å². The monoisotopic (exact) mass is 191 g/mol. The second-order valence-electron chi connectivity index (χ2n) is 3.71. The lowest BCUT2D eigenvalue weighted by Crippen LogP contribution is -2.22. The SMILES string of the molecule is CNCc1cccnc1N1CCCC1. The molecule has 0 aromatic carbocycles. The molecule has 0 bridgehead atoms. The Morgan fingerprint density at radius 2 is 2.21 bits per heavy atom. The summed E-state index contributed by atoms with van der Waals surface area (Å²) in [5, 5.41) is 3.18. The van der Waals surface area contributed by atoms with Crippen LogP contribution in [0.25, 0.3) is 0 Å². The Hall–Kier alpha value is -1.09. The van der Waals surface area contributed by atoms with Crippen LogP contribution in [0.2, 0.25) is 0 Å². The van der Waals surface area contributed by atoms with Gasteiger partial charge in [0.25, 0.3) is 0 Å². The lowest BCUT2D eigenvalue weighted by atomic mass is 10.2. The Kier molecular flexibility index (Phi) is 2.99. The Bertz CT molecular complexity index is 292. The van der Waals surface area contributed by atoms with Crippen LogP contribution >= 0.6 is 0 Å². The first-order chi connectivity index (χ1) is 6.92. The molecule has 1 saturated heterocycles. The van der Waals surface area contributed by atoms with E-state index in [0.717, 1.165) is 19.6 Å². The van der Waals surface area contributed by atoms with Gasteiger partial charge < -0.3 is 10.2 Å². The third-order valence-electron chi connectivity index (χ3n) is 2.64. The Morgan fingerprint density at radius 1 is 1.43 bits per heavy atom. The molecule has 1 N–H and O–H groups in total. The minimum absolute atomic E-state index is 0.902. The Labute approximate surface area is 85.1 Å². The smallest absolute Gasteiger partial charge is 0.133 e. The molecular formula is C11H17N3. The van der Waals surface area contributed by atoms with Crippen molar-refractivity contribution in [3.63, 3.8) is 0 Å². The standard InChI is InChI=1S/C11H17N3/c1-12-9-10-5-4-6-13-11(10)14-7-2-3-8-14/h4-6,12H,2-3,7-9H2,1H3. The molecule has 1 aromatic rings. The average Bonchev–Trinajstić information content (AvgIpc) is 2.72. The van der Waals surface area contributed by atoms with Crippen LogP contribution in [0.15, 0.2) is 18.3 Å². The molecule has 0 unspecified atom stereocenters. The molecule has 0 aliphatic carbocycles. The van der Waals surface area contributed by atoms with Crippen LogP contribution in [0.1, 0.15) is 18.4 Å². The number of nitrogens with zero attached hydrogens (tertiary/aromatic N) is 2. The molecule has 1 fully saturated rings. The van der Waals surface area contributed by atoms with E-state index >= 15 is 0 Å². The summed E-state index contributed by atoms with van der Waals surface area (Å²) in [6.45, 7) is 3.22. The van der Waals surface area contributed by atoms with Gasteiger partial charge in [-0.1, -0.05) is 6.07 Å². The molecule has 0 spiro atoms. The number of hydrogen-bond donors (Lipinski definition) is 1. The van der Waals surface area contributed by atoms with Crippen molar-refractivity contribution in [2.24, 2.45) is 0 Å². The molecule has 14 heavy (non-hydrogen) atoms. The highest BCUT2D eigenvalue weighted by Gasteiger charge is 2.15. The number of nitrogens with one attached hydrogen (secondary N) is 1. The fraction of sp³-hybridized carbons (Fsp3) is 0.545. The predicted octanol–water partition coefficient (Wildman–Crippen LogP) is 1.40. The van der Waals surface area contributed by atoms with Gasteiger partial charge in [0.2, 0.25) is 0 Å². The van der Waals surface area contributed by atoms with Crippen molar-refractivity contribution in [3.8, 4) is 0 Å². The number of pyridine rings is 1. The van der Waals surface area contributed by atoms with Crippen LogP contribution in [0.3, 0.4) is 0 Å². The van der Waals surface area contributed by atoms with Gasteiger partial charge in [0.15, 0.2) is 0 Å². The first kappa shape index (κ1) is 9.46. The maximum Gasteiger partial charge on any atom is 0.133 e. The Balaban J connectivity index is 2.21. The topological polar surface area (TPSA) is 28.2 Å². The van der Waals surface area contributed by atoms with Gasteiger partial charge in [-0.2, -0.15) is 0 Å². The number of rotatable bonds is 3. The van der Waals surface area contributed by atoms with Crippen LogP contribution in [0.4, 0.5) is 5.82 Å². The van der Waals surface area contributed by atoms with E-state index in [1.54, 1.807) is 0 Å². The van der Waals surface area contributed by atoms with E-state index in [2.05, 4.69) is 21.3 Å². The van der Waals surface area contributed by atoms with Crippen molar-refractivity contribution in [3.05, 3.63) is 23.9 Å². The molecule has 1 aliphatic heterocycles. The van der Waals surface area contributed by atoms with Crippen molar-refractivity contribution >= 4 is 5.82 Å². The van der Waals surface area contributed by atoms with E-state index in [9.17, 15) is 0 Å². The quantitative estimate of drug-likeness (QED) is 0.782. The predicted molar refractivity (Wildman–Crippen MR) is 58.4 cm³/mol. The fourth-order valence-electron chi connectivity index (χ4n) is 1.97. The fourth-order valence-corrected chi connectivity index (χ4v) is 1.97. The average molecular weight is 191 g/mol. The highest BCUT2D eigenvalue weighted by Crippen LogP contribution is 2.21. The molecule has 2 heterocycles. The summed E-state index contributed by atoms with van der Waals surface area (Å²) in [5.41, 5.74) is 1.30. The molecule has 3 nitrogen and oxygen atoms in total. The van der Waals surface area contributed by atoms with Crippen molar-refractivity contribution in [2.75, 3.05) is 25.0 Å². The third kappa shape index (κ3) is 1.87. The number of anilines is 1. The van der Waals surface area contributed by atoms with Gasteiger partial charge in [-0.05, 0) is 26.0 Å². The summed E-state index contributed by atoms with van der Waals surface area (Å²) < 4.78 is 0. The molecule has 0 atom stereocenters. The van der Waals surface area contributed by atoms with Crippen LogP contribution in [0, 0.1) is 0 Å². The summed E-state index contributed by atoms with van der Waals surface area (Å²) in [7, 11) is 1.97. The Morgan fingerprint density at radius 3 is 2.93 bits per heavy atom. The molecule has 2 rings (SSSR count). The largest absolute Gasteiger partial charge is 0.356 e. The number of hydrogen-bond acceptors (Lipinski definition) is 3. The van der Waals surface area contributed by atoms with E-state index in [-0.39, 0.29) is 0 Å². The van der Waals surface area contributed by atoms with E-state index in [4.69, 9.17) is 0 Å². The minimum Gasteiger partial charge on any atom is -0.356 e. The van der Waals surface area contributed by atoms with Gasteiger partial charge >= 0.3 is 0 Å². The van der Waals surface area contributed by atoms with Crippen molar-refractivity contribution in [1.29, 1.82) is 0 Å². The molecule has 0 amide bonds. The summed E-state index contributed by atoms with van der Waals surface area (Å²) in [6.07, 6.45) is 4.48. The van der Waals surface area contributed by atoms with Crippen LogP contribution in [0.5, 0.6) is 0 Å². The van der Waals surface area contributed by atoms with Gasteiger partial charge in [-0.25, -0.2) is 4.98 Å². The van der Waals surface area contributed by atoms with Gasteiger partial charge in [-0.15, -0.1) is 0 Å². The molecule has 0 saturated carbocycles. The first-order valence-electron chi connectivity index (χ1n) is 5.25. The third-order valence-corrected chi connectivity index (χ3v) is 2.64. The lowest BCUT2D eigenvalue weighted by molar-refractivity contribution is 0.800.